The van der Waals surface area contributed by atoms with E-state index in [4.69, 9.17) is 4.74 Å². The Bertz CT molecular complexity index is 1230. The summed E-state index contributed by atoms with van der Waals surface area (Å²) in [5.74, 6) is 0.421. The van der Waals surface area contributed by atoms with Crippen molar-refractivity contribution in [2.75, 3.05) is 0 Å². The molecule has 0 fully saturated rings. The summed E-state index contributed by atoms with van der Waals surface area (Å²) in [6, 6.07) is 25.9. The Morgan fingerprint density at radius 2 is 1.75 bits per heavy atom. The summed E-state index contributed by atoms with van der Waals surface area (Å²) in [5.41, 5.74) is 6.37. The molecule has 0 unspecified atom stereocenters. The summed E-state index contributed by atoms with van der Waals surface area (Å²) in [4.78, 5) is 12.4. The zero-order valence-corrected chi connectivity index (χ0v) is 17.4. The van der Waals surface area contributed by atoms with Gasteiger partial charge in [0.25, 0.3) is 5.91 Å². The van der Waals surface area contributed by atoms with E-state index in [0.29, 0.717) is 23.6 Å². The first-order chi connectivity index (χ1) is 15.6. The third-order valence-corrected chi connectivity index (χ3v) is 4.84. The van der Waals surface area contributed by atoms with E-state index in [0.717, 1.165) is 16.9 Å². The summed E-state index contributed by atoms with van der Waals surface area (Å²) < 4.78 is 5.80. The van der Waals surface area contributed by atoms with Gasteiger partial charge in [0.1, 0.15) is 23.8 Å². The molecule has 32 heavy (non-hydrogen) atoms. The van der Waals surface area contributed by atoms with Crippen LogP contribution in [0.3, 0.4) is 0 Å². The van der Waals surface area contributed by atoms with Crippen molar-refractivity contribution >= 4 is 11.6 Å². The normalized spacial score (nSPS) is 11.2. The summed E-state index contributed by atoms with van der Waals surface area (Å²) in [6.45, 7) is 2.20. The number of hydrogen-bond donors (Lipinski definition) is 3. The fraction of sp³-hybridized carbons (Fsp3) is 0.0800. The molecule has 4 rings (SSSR count). The number of H-pyrrole nitrogens is 1. The Morgan fingerprint density at radius 3 is 2.50 bits per heavy atom. The Hall–Kier alpha value is -4.39. The second-order valence-electron chi connectivity index (χ2n) is 7.12. The molecule has 0 atom stereocenters. The molecule has 0 saturated heterocycles. The number of aromatic amines is 1. The monoisotopic (exact) mass is 426 g/mol. The van der Waals surface area contributed by atoms with Crippen LogP contribution in [-0.4, -0.2) is 26.9 Å². The Labute approximate surface area is 185 Å². The number of para-hydroxylation sites is 1. The Balaban J connectivity index is 1.38. The van der Waals surface area contributed by atoms with Crippen molar-refractivity contribution in [2.24, 2.45) is 5.10 Å². The van der Waals surface area contributed by atoms with E-state index in [1.165, 1.54) is 0 Å². The minimum atomic E-state index is -0.429. The van der Waals surface area contributed by atoms with Gasteiger partial charge in [0, 0.05) is 11.1 Å². The zero-order valence-electron chi connectivity index (χ0n) is 17.4. The smallest absolute Gasteiger partial charge is 0.289 e. The minimum absolute atomic E-state index is 0.100. The van der Waals surface area contributed by atoms with Crippen LogP contribution in [0.5, 0.6) is 11.5 Å². The second-order valence-corrected chi connectivity index (χ2v) is 7.12. The van der Waals surface area contributed by atoms with Crippen LogP contribution in [0.15, 0.2) is 90.0 Å². The van der Waals surface area contributed by atoms with Gasteiger partial charge in [-0.1, -0.05) is 42.5 Å². The average Bonchev–Trinajstić information content (AvgIpc) is 3.33. The lowest BCUT2D eigenvalue weighted by Gasteiger charge is -2.06. The first-order valence-electron chi connectivity index (χ1n) is 10.1. The number of nitrogens with one attached hydrogen (secondary N) is 2. The molecule has 7 nitrogen and oxygen atoms in total. The molecule has 0 bridgehead atoms. The topological polar surface area (TPSA) is 99.6 Å². The molecule has 0 aliphatic carbocycles. The SMILES string of the molecule is C/C(=N\NC(=O)c1cc(-c2ccc(OCc3ccccc3)cc2)n[nH]1)c1ccccc1O. The van der Waals surface area contributed by atoms with Crippen LogP contribution in [0.25, 0.3) is 11.3 Å². The number of carbonyl (C=O) groups is 1. The van der Waals surface area contributed by atoms with Gasteiger partial charge in [-0.3, -0.25) is 9.89 Å². The Kier molecular flexibility index (Phi) is 6.27. The van der Waals surface area contributed by atoms with Crippen molar-refractivity contribution in [2.45, 2.75) is 13.5 Å². The van der Waals surface area contributed by atoms with Crippen LogP contribution in [0.4, 0.5) is 0 Å². The molecule has 0 aliphatic heterocycles. The maximum Gasteiger partial charge on any atom is 0.289 e. The van der Waals surface area contributed by atoms with Crippen molar-refractivity contribution in [1.82, 2.24) is 15.6 Å². The molecule has 1 heterocycles. The van der Waals surface area contributed by atoms with Crippen LogP contribution in [0, 0.1) is 0 Å². The van der Waals surface area contributed by atoms with Gasteiger partial charge in [-0.15, -0.1) is 0 Å². The molecule has 0 aliphatic rings. The molecular formula is C25H22N4O3. The highest BCUT2D eigenvalue weighted by Gasteiger charge is 2.12. The third kappa shape index (κ3) is 5.02. The number of rotatable bonds is 7. The average molecular weight is 426 g/mol. The molecule has 3 N–H and O–H groups in total. The molecule has 0 spiro atoms. The van der Waals surface area contributed by atoms with Crippen LogP contribution in [-0.2, 0) is 6.61 Å². The number of hydrazone groups is 1. The van der Waals surface area contributed by atoms with Crippen LogP contribution in [0.1, 0.15) is 28.5 Å². The van der Waals surface area contributed by atoms with Gasteiger partial charge in [0.2, 0.25) is 0 Å². The highest BCUT2D eigenvalue weighted by molar-refractivity contribution is 6.02. The van der Waals surface area contributed by atoms with Crippen molar-refractivity contribution in [3.05, 3.63) is 102 Å². The predicted octanol–water partition coefficient (Wildman–Crippen LogP) is 4.52. The molecule has 7 heteroatoms. The van der Waals surface area contributed by atoms with E-state index in [1.54, 1.807) is 37.3 Å². The molecule has 0 saturated carbocycles. The quantitative estimate of drug-likeness (QED) is 0.299. The van der Waals surface area contributed by atoms with Gasteiger partial charge in [0.05, 0.1) is 11.4 Å². The van der Waals surface area contributed by atoms with Crippen LogP contribution < -0.4 is 10.2 Å². The van der Waals surface area contributed by atoms with Gasteiger partial charge in [-0.2, -0.15) is 10.2 Å². The number of nitrogens with zero attached hydrogens (tertiary/aromatic N) is 2. The molecule has 1 amide bonds. The fourth-order valence-electron chi connectivity index (χ4n) is 3.08. The van der Waals surface area contributed by atoms with Gasteiger partial charge < -0.3 is 9.84 Å². The number of ether oxygens (including phenoxy) is 1. The number of hydrogen-bond acceptors (Lipinski definition) is 5. The van der Waals surface area contributed by atoms with E-state index < -0.39 is 5.91 Å². The van der Waals surface area contributed by atoms with E-state index in [1.807, 2.05) is 54.6 Å². The predicted molar refractivity (Wildman–Crippen MR) is 123 cm³/mol. The standard InChI is InChI=1S/C25H22N4O3/c1-17(21-9-5-6-10-24(21)30)26-29-25(31)23-15-22(27-28-23)19-11-13-20(14-12-19)32-16-18-7-3-2-4-8-18/h2-15,30H,16H2,1H3,(H,27,28)(H,29,31)/b26-17+. The molecule has 0 radical (unpaired) electrons. The summed E-state index contributed by atoms with van der Waals surface area (Å²) in [7, 11) is 0. The van der Waals surface area contributed by atoms with Crippen molar-refractivity contribution in [3.8, 4) is 22.8 Å². The number of phenols is 1. The van der Waals surface area contributed by atoms with E-state index in [-0.39, 0.29) is 11.4 Å². The largest absolute Gasteiger partial charge is 0.507 e. The van der Waals surface area contributed by atoms with Crippen molar-refractivity contribution in [3.63, 3.8) is 0 Å². The highest BCUT2D eigenvalue weighted by atomic mass is 16.5. The molecule has 3 aromatic carbocycles. The van der Waals surface area contributed by atoms with Crippen LogP contribution >= 0.6 is 0 Å². The van der Waals surface area contributed by atoms with Crippen LogP contribution in [0.2, 0.25) is 0 Å². The minimum Gasteiger partial charge on any atom is -0.507 e. The highest BCUT2D eigenvalue weighted by Crippen LogP contribution is 2.22. The number of aromatic hydroxyl groups is 1. The number of amides is 1. The Morgan fingerprint density at radius 1 is 1.03 bits per heavy atom. The molecule has 1 aromatic heterocycles. The lowest BCUT2D eigenvalue weighted by molar-refractivity contribution is 0.0950. The van der Waals surface area contributed by atoms with E-state index >= 15 is 0 Å². The van der Waals surface area contributed by atoms with E-state index in [2.05, 4.69) is 20.7 Å². The number of aromatic nitrogens is 2. The maximum atomic E-state index is 12.4. The molecule has 4 aromatic rings. The molecule has 160 valence electrons. The van der Waals surface area contributed by atoms with Gasteiger partial charge in [0.15, 0.2) is 0 Å². The molecular weight excluding hydrogens is 404 g/mol. The summed E-state index contributed by atoms with van der Waals surface area (Å²) in [5, 5.41) is 20.9. The summed E-state index contributed by atoms with van der Waals surface area (Å²) in [6.07, 6.45) is 0. The number of benzene rings is 3. The number of phenolic OH excluding ortho intramolecular Hbond substituents is 1. The second kappa shape index (κ2) is 9.61. The van der Waals surface area contributed by atoms with Gasteiger partial charge in [-0.05, 0) is 55.0 Å². The third-order valence-electron chi connectivity index (χ3n) is 4.84. The number of carbonyl (C=O) groups excluding carboxylic acids is 1. The van der Waals surface area contributed by atoms with Gasteiger partial charge >= 0.3 is 0 Å². The zero-order chi connectivity index (χ0) is 22.3. The maximum absolute atomic E-state index is 12.4. The fourth-order valence-corrected chi connectivity index (χ4v) is 3.08. The first-order valence-corrected chi connectivity index (χ1v) is 10.1. The van der Waals surface area contributed by atoms with Gasteiger partial charge in [-0.25, -0.2) is 5.43 Å². The van der Waals surface area contributed by atoms with E-state index in [9.17, 15) is 9.90 Å². The summed E-state index contributed by atoms with van der Waals surface area (Å²) >= 11 is 0. The lowest BCUT2D eigenvalue weighted by Crippen LogP contribution is -2.19. The van der Waals surface area contributed by atoms with Crippen molar-refractivity contribution in [1.29, 1.82) is 0 Å². The van der Waals surface area contributed by atoms with Crippen molar-refractivity contribution < 1.29 is 14.6 Å². The lowest BCUT2D eigenvalue weighted by atomic mass is 10.1. The first kappa shape index (κ1) is 20.9.